The summed E-state index contributed by atoms with van der Waals surface area (Å²) in [7, 11) is -3.68. The first-order chi connectivity index (χ1) is 18.9. The van der Waals surface area contributed by atoms with E-state index in [1.54, 1.807) is 57.5 Å². The maximum absolute atomic E-state index is 13.3. The highest BCUT2D eigenvalue weighted by Crippen LogP contribution is 2.29. The lowest BCUT2D eigenvalue weighted by atomic mass is 10.1. The summed E-state index contributed by atoms with van der Waals surface area (Å²) in [5, 5.41) is 5.24. The van der Waals surface area contributed by atoms with E-state index >= 15 is 0 Å². The van der Waals surface area contributed by atoms with Crippen LogP contribution in [0.4, 0.5) is 9.59 Å². The number of nitrogens with zero attached hydrogens (tertiary/aromatic N) is 3. The Kier molecular flexibility index (Phi) is 8.02. The average Bonchev–Trinajstić information content (AvgIpc) is 3.32. The molecule has 0 atom stereocenters. The molecule has 9 nitrogen and oxygen atoms in total. The van der Waals surface area contributed by atoms with Crippen molar-refractivity contribution in [3.8, 4) is 0 Å². The van der Waals surface area contributed by atoms with Crippen LogP contribution in [0.1, 0.15) is 36.1 Å². The number of carbonyl (C=O) groups is 2. The van der Waals surface area contributed by atoms with E-state index in [1.807, 2.05) is 26.8 Å². The van der Waals surface area contributed by atoms with Crippen molar-refractivity contribution in [3.05, 3.63) is 62.8 Å². The highest BCUT2D eigenvalue weighted by molar-refractivity contribution is 7.89. The third-order valence-electron chi connectivity index (χ3n) is 6.92. The third-order valence-corrected chi connectivity index (χ3v) is 10.3. The number of sulfonamides is 1. The van der Waals surface area contributed by atoms with Gasteiger partial charge in [0, 0.05) is 47.5 Å². The molecule has 40 heavy (non-hydrogen) atoms. The number of fused-ring (bicyclic) bond motifs is 2. The zero-order valence-corrected chi connectivity index (χ0v) is 25.2. The fraction of sp³-hybridized carbons (Fsp3) is 0.429. The van der Waals surface area contributed by atoms with E-state index in [1.165, 1.54) is 9.18 Å². The molecule has 0 aliphatic carbocycles. The van der Waals surface area contributed by atoms with Crippen LogP contribution >= 0.6 is 22.9 Å². The minimum atomic E-state index is -3.68. The Balaban J connectivity index is 1.13. The number of urea groups is 1. The summed E-state index contributed by atoms with van der Waals surface area (Å²) in [4.78, 5) is 31.1. The van der Waals surface area contributed by atoms with Crippen molar-refractivity contribution in [2.75, 3.05) is 32.7 Å². The van der Waals surface area contributed by atoms with Crippen LogP contribution in [0.2, 0.25) is 5.02 Å². The van der Waals surface area contributed by atoms with E-state index in [0.717, 1.165) is 27.6 Å². The summed E-state index contributed by atoms with van der Waals surface area (Å²) in [5.74, 6) is 0. The number of piperazine rings is 1. The molecule has 5 rings (SSSR count). The number of hydrogen-bond donors (Lipinski definition) is 1. The highest BCUT2D eigenvalue weighted by atomic mass is 35.5. The number of benzene rings is 2. The molecule has 0 saturated carbocycles. The number of hydrogen-bond acceptors (Lipinski definition) is 6. The normalized spacial score (nSPS) is 16.6. The Bertz CT molecular complexity index is 1540. The van der Waals surface area contributed by atoms with E-state index in [2.05, 4.69) is 5.32 Å². The third kappa shape index (κ3) is 6.38. The Morgan fingerprint density at radius 2 is 1.68 bits per heavy atom. The first-order valence-corrected chi connectivity index (χ1v) is 15.8. The van der Waals surface area contributed by atoms with Crippen LogP contribution in [0.5, 0.6) is 0 Å². The number of nitrogens with one attached hydrogen (secondary N) is 1. The van der Waals surface area contributed by atoms with Crippen molar-refractivity contribution in [1.29, 1.82) is 0 Å². The van der Waals surface area contributed by atoms with Gasteiger partial charge in [0.25, 0.3) is 0 Å². The van der Waals surface area contributed by atoms with Crippen molar-refractivity contribution in [2.24, 2.45) is 0 Å². The largest absolute Gasteiger partial charge is 0.444 e. The topological polar surface area (TPSA) is 99.3 Å². The number of amides is 3. The average molecular weight is 605 g/mol. The zero-order valence-electron chi connectivity index (χ0n) is 22.8. The van der Waals surface area contributed by atoms with Crippen molar-refractivity contribution in [1.82, 2.24) is 19.4 Å². The van der Waals surface area contributed by atoms with Crippen LogP contribution < -0.4 is 5.32 Å². The fourth-order valence-corrected chi connectivity index (χ4v) is 7.62. The Hall–Kier alpha value is -2.86. The van der Waals surface area contributed by atoms with E-state index in [4.69, 9.17) is 16.3 Å². The lowest BCUT2D eigenvalue weighted by Crippen LogP contribution is -2.52. The summed E-state index contributed by atoms with van der Waals surface area (Å²) >= 11 is 7.69. The number of halogens is 1. The van der Waals surface area contributed by atoms with Crippen LogP contribution in [-0.2, 0) is 34.3 Å². The number of thiophene rings is 1. The predicted molar refractivity (Wildman–Crippen MR) is 156 cm³/mol. The smallest absolute Gasteiger partial charge is 0.410 e. The molecule has 2 aliphatic heterocycles. The van der Waals surface area contributed by atoms with Crippen molar-refractivity contribution in [2.45, 2.75) is 50.8 Å². The van der Waals surface area contributed by atoms with Gasteiger partial charge in [-0.2, -0.15) is 4.31 Å². The van der Waals surface area contributed by atoms with Gasteiger partial charge in [-0.15, -0.1) is 11.3 Å². The molecule has 3 amide bonds. The second-order valence-corrected chi connectivity index (χ2v) is 14.6. The molecule has 214 valence electrons. The second kappa shape index (κ2) is 11.2. The molecular formula is C28H33ClN4O5S2. The van der Waals surface area contributed by atoms with Gasteiger partial charge >= 0.3 is 12.1 Å². The summed E-state index contributed by atoms with van der Waals surface area (Å²) in [5.41, 5.74) is 0.546. The molecule has 0 radical (unpaired) electrons. The van der Waals surface area contributed by atoms with Gasteiger partial charge in [0.1, 0.15) is 5.60 Å². The van der Waals surface area contributed by atoms with E-state index < -0.39 is 15.6 Å². The molecule has 2 aliphatic rings. The number of carbonyl (C=O) groups excluding carboxylic acids is 2. The first kappa shape index (κ1) is 28.7. The summed E-state index contributed by atoms with van der Waals surface area (Å²) in [6.07, 6.45) is 0.445. The second-order valence-electron chi connectivity index (χ2n) is 11.0. The lowest BCUT2D eigenvalue weighted by Gasteiger charge is -2.34. The monoisotopic (exact) mass is 604 g/mol. The minimum absolute atomic E-state index is 0.221. The van der Waals surface area contributed by atoms with Gasteiger partial charge in [0.15, 0.2) is 0 Å². The van der Waals surface area contributed by atoms with Gasteiger partial charge < -0.3 is 19.9 Å². The molecule has 0 unspecified atom stereocenters. The van der Waals surface area contributed by atoms with Gasteiger partial charge in [-0.1, -0.05) is 23.7 Å². The van der Waals surface area contributed by atoms with Gasteiger partial charge in [0.05, 0.1) is 18.0 Å². The zero-order chi connectivity index (χ0) is 28.7. The Morgan fingerprint density at radius 1 is 0.975 bits per heavy atom. The quantitative estimate of drug-likeness (QED) is 0.449. The van der Waals surface area contributed by atoms with Crippen molar-refractivity contribution in [3.63, 3.8) is 0 Å². The molecule has 3 aromatic rings. The molecule has 2 aromatic carbocycles. The van der Waals surface area contributed by atoms with E-state index in [9.17, 15) is 18.0 Å². The maximum Gasteiger partial charge on any atom is 0.410 e. The molecule has 0 bridgehead atoms. The molecule has 1 fully saturated rings. The number of rotatable bonds is 4. The Morgan fingerprint density at radius 3 is 2.40 bits per heavy atom. The van der Waals surface area contributed by atoms with Crippen LogP contribution in [0.3, 0.4) is 0 Å². The molecule has 0 spiro atoms. The lowest BCUT2D eigenvalue weighted by molar-refractivity contribution is 0.0225. The number of ether oxygens (including phenoxy) is 1. The van der Waals surface area contributed by atoms with E-state index in [0.29, 0.717) is 37.7 Å². The summed E-state index contributed by atoms with van der Waals surface area (Å²) < 4.78 is 33.5. The SMILES string of the molecule is CC(C)(C)OC(=O)N1CCc2sc(CNC(=O)N3CCN(S(=O)(=O)c4ccc5cc(Cl)ccc5c4)CC3)cc2C1. The molecule has 1 saturated heterocycles. The molecule has 12 heteroatoms. The van der Waals surface area contributed by atoms with Crippen LogP contribution in [0.25, 0.3) is 10.8 Å². The molecule has 1 aromatic heterocycles. The predicted octanol–water partition coefficient (Wildman–Crippen LogP) is 5.06. The fourth-order valence-electron chi connectivity index (χ4n) is 4.87. The Labute approximate surface area is 243 Å². The summed E-state index contributed by atoms with van der Waals surface area (Å²) in [6.45, 7) is 8.10. The highest BCUT2D eigenvalue weighted by Gasteiger charge is 2.31. The molecule has 1 N–H and O–H groups in total. The van der Waals surface area contributed by atoms with Gasteiger partial charge in [-0.3, -0.25) is 0 Å². The van der Waals surface area contributed by atoms with Gasteiger partial charge in [-0.25, -0.2) is 18.0 Å². The summed E-state index contributed by atoms with van der Waals surface area (Å²) in [6, 6.07) is 12.2. The van der Waals surface area contributed by atoms with Crippen LogP contribution in [0, 0.1) is 0 Å². The van der Waals surface area contributed by atoms with Crippen LogP contribution in [0.15, 0.2) is 47.4 Å². The maximum atomic E-state index is 13.3. The van der Waals surface area contributed by atoms with Crippen molar-refractivity contribution < 1.29 is 22.7 Å². The van der Waals surface area contributed by atoms with E-state index in [-0.39, 0.29) is 30.1 Å². The van der Waals surface area contributed by atoms with Gasteiger partial charge in [0.2, 0.25) is 10.0 Å². The minimum Gasteiger partial charge on any atom is -0.444 e. The van der Waals surface area contributed by atoms with Gasteiger partial charge in [-0.05, 0) is 73.9 Å². The van der Waals surface area contributed by atoms with Crippen molar-refractivity contribution >= 4 is 55.9 Å². The molecule has 3 heterocycles. The standard InChI is InChI=1S/C28H33ClN4O5S2/c1-28(2,3)38-27(35)32-9-8-25-21(18-32)15-23(39-25)17-30-26(34)31-10-12-33(13-11-31)40(36,37)24-7-5-19-14-22(29)6-4-20(19)16-24/h4-7,14-16H,8-13,17-18H2,1-3H3,(H,30,34). The molecular weight excluding hydrogens is 572 g/mol. The van der Waals surface area contributed by atoms with Crippen LogP contribution in [-0.4, -0.2) is 73.0 Å². The first-order valence-electron chi connectivity index (χ1n) is 13.2.